The Balaban J connectivity index is 1.77. The largest absolute Gasteiger partial charge is 0.340 e. The molecule has 0 bridgehead atoms. The monoisotopic (exact) mass is 386 g/mol. The van der Waals surface area contributed by atoms with Crippen molar-refractivity contribution in [1.82, 2.24) is 15.3 Å². The number of hydrogen-bond acceptors (Lipinski definition) is 3. The van der Waals surface area contributed by atoms with Gasteiger partial charge in [0, 0.05) is 5.69 Å². The number of amides is 2. The van der Waals surface area contributed by atoms with Gasteiger partial charge in [-0.2, -0.15) is 0 Å². The molecule has 3 aromatic rings. The maximum atomic E-state index is 12.7. The van der Waals surface area contributed by atoms with Gasteiger partial charge in [0.15, 0.2) is 0 Å². The normalized spacial score (nSPS) is 12.1. The van der Waals surface area contributed by atoms with Gasteiger partial charge in [-0.1, -0.05) is 37.6 Å². The standard InChI is InChI=1S/C19H19ClN4O3/c1-10(2)16(24-17(25)12-5-3-4-6-13(12)20)18(26)21-11-7-8-14-15(9-11)23-19(27)22-14/h3-10,16H,1-2H3,(H,21,26)(H,24,25)(H2,22,23,27). The zero-order valence-electron chi connectivity index (χ0n) is 14.8. The van der Waals surface area contributed by atoms with Crippen molar-refractivity contribution < 1.29 is 9.59 Å². The van der Waals surface area contributed by atoms with Gasteiger partial charge in [-0.05, 0) is 36.2 Å². The number of aromatic nitrogens is 2. The second-order valence-corrected chi connectivity index (χ2v) is 6.91. The van der Waals surface area contributed by atoms with Crippen LogP contribution in [-0.4, -0.2) is 27.8 Å². The molecule has 8 heteroatoms. The van der Waals surface area contributed by atoms with Gasteiger partial charge < -0.3 is 20.6 Å². The zero-order valence-corrected chi connectivity index (χ0v) is 15.6. The van der Waals surface area contributed by atoms with Crippen molar-refractivity contribution in [2.75, 3.05) is 5.32 Å². The summed E-state index contributed by atoms with van der Waals surface area (Å²) >= 11 is 6.06. The molecule has 4 N–H and O–H groups in total. The number of carbonyl (C=O) groups is 2. The number of halogens is 1. The lowest BCUT2D eigenvalue weighted by Gasteiger charge is -2.22. The van der Waals surface area contributed by atoms with E-state index >= 15 is 0 Å². The van der Waals surface area contributed by atoms with Crippen molar-refractivity contribution in [3.05, 3.63) is 63.5 Å². The molecule has 0 aliphatic heterocycles. The molecule has 1 heterocycles. The number of H-pyrrole nitrogens is 2. The Labute approximate surface area is 160 Å². The van der Waals surface area contributed by atoms with Crippen LogP contribution >= 0.6 is 11.6 Å². The molecule has 2 aromatic carbocycles. The molecule has 2 amide bonds. The van der Waals surface area contributed by atoms with Crippen LogP contribution in [-0.2, 0) is 4.79 Å². The van der Waals surface area contributed by atoms with Gasteiger partial charge in [0.2, 0.25) is 5.91 Å². The van der Waals surface area contributed by atoms with Gasteiger partial charge in [0.05, 0.1) is 21.6 Å². The molecule has 0 saturated carbocycles. The van der Waals surface area contributed by atoms with E-state index in [0.717, 1.165) is 0 Å². The number of nitrogens with one attached hydrogen (secondary N) is 4. The Morgan fingerprint density at radius 3 is 2.44 bits per heavy atom. The Morgan fingerprint density at radius 1 is 1.04 bits per heavy atom. The van der Waals surface area contributed by atoms with Crippen LogP contribution in [0.5, 0.6) is 0 Å². The average Bonchev–Trinajstić information content (AvgIpc) is 2.98. The molecule has 0 aliphatic carbocycles. The quantitative estimate of drug-likeness (QED) is 0.541. The van der Waals surface area contributed by atoms with E-state index in [9.17, 15) is 14.4 Å². The first-order valence-electron chi connectivity index (χ1n) is 8.43. The Morgan fingerprint density at radius 2 is 1.74 bits per heavy atom. The third kappa shape index (κ3) is 4.20. The van der Waals surface area contributed by atoms with Gasteiger partial charge >= 0.3 is 5.69 Å². The molecular weight excluding hydrogens is 368 g/mol. The number of fused-ring (bicyclic) bond motifs is 1. The van der Waals surface area contributed by atoms with Gasteiger partial charge in [-0.25, -0.2) is 4.79 Å². The van der Waals surface area contributed by atoms with Crippen LogP contribution in [0.25, 0.3) is 11.0 Å². The number of carbonyl (C=O) groups excluding carboxylic acids is 2. The van der Waals surface area contributed by atoms with Crippen LogP contribution in [0.4, 0.5) is 5.69 Å². The van der Waals surface area contributed by atoms with Crippen molar-refractivity contribution in [3.8, 4) is 0 Å². The molecule has 3 rings (SSSR count). The van der Waals surface area contributed by atoms with Crippen molar-refractivity contribution in [1.29, 1.82) is 0 Å². The summed E-state index contributed by atoms with van der Waals surface area (Å²) in [5.41, 5.74) is 1.73. The van der Waals surface area contributed by atoms with Crippen molar-refractivity contribution in [2.24, 2.45) is 5.92 Å². The molecule has 1 aromatic heterocycles. The lowest BCUT2D eigenvalue weighted by Crippen LogP contribution is -2.47. The first-order chi connectivity index (χ1) is 12.8. The Kier molecular flexibility index (Phi) is 5.32. The third-order valence-electron chi connectivity index (χ3n) is 4.14. The number of aromatic amines is 2. The third-order valence-corrected chi connectivity index (χ3v) is 4.47. The molecule has 0 aliphatic rings. The van der Waals surface area contributed by atoms with E-state index in [4.69, 9.17) is 11.6 Å². The second-order valence-electron chi connectivity index (χ2n) is 6.50. The summed E-state index contributed by atoms with van der Waals surface area (Å²) in [6, 6.07) is 10.9. The minimum absolute atomic E-state index is 0.146. The Hall–Kier alpha value is -3.06. The molecule has 0 fully saturated rings. The highest BCUT2D eigenvalue weighted by Gasteiger charge is 2.25. The molecule has 0 spiro atoms. The summed E-state index contributed by atoms with van der Waals surface area (Å²) < 4.78 is 0. The van der Waals surface area contributed by atoms with Crippen LogP contribution in [0.3, 0.4) is 0 Å². The molecule has 0 saturated heterocycles. The summed E-state index contributed by atoms with van der Waals surface area (Å²) in [6.07, 6.45) is 0. The lowest BCUT2D eigenvalue weighted by molar-refractivity contribution is -0.118. The minimum atomic E-state index is -0.755. The number of hydrogen-bond donors (Lipinski definition) is 4. The smallest absolute Gasteiger partial charge is 0.323 e. The van der Waals surface area contributed by atoms with Gasteiger partial charge in [-0.15, -0.1) is 0 Å². The highest BCUT2D eigenvalue weighted by Crippen LogP contribution is 2.17. The number of imidazole rings is 1. The second kappa shape index (κ2) is 7.67. The summed E-state index contributed by atoms with van der Waals surface area (Å²) in [7, 11) is 0. The SMILES string of the molecule is CC(C)C(NC(=O)c1ccccc1Cl)C(=O)Nc1ccc2[nH]c(=O)[nH]c2c1. The fraction of sp³-hybridized carbons (Fsp3) is 0.211. The van der Waals surface area contributed by atoms with Gasteiger partial charge in [-0.3, -0.25) is 9.59 Å². The van der Waals surface area contributed by atoms with Crippen LogP contribution in [0.2, 0.25) is 5.02 Å². The van der Waals surface area contributed by atoms with E-state index in [-0.39, 0.29) is 17.5 Å². The maximum Gasteiger partial charge on any atom is 0.323 e. The van der Waals surface area contributed by atoms with E-state index in [0.29, 0.717) is 27.3 Å². The maximum absolute atomic E-state index is 12.7. The lowest BCUT2D eigenvalue weighted by atomic mass is 10.0. The van der Waals surface area contributed by atoms with Crippen LogP contribution in [0.1, 0.15) is 24.2 Å². The number of rotatable bonds is 5. The predicted molar refractivity (Wildman–Crippen MR) is 105 cm³/mol. The van der Waals surface area contributed by atoms with Crippen LogP contribution in [0, 0.1) is 5.92 Å². The van der Waals surface area contributed by atoms with E-state index in [1.54, 1.807) is 42.5 Å². The number of anilines is 1. The summed E-state index contributed by atoms with van der Waals surface area (Å²) in [6.45, 7) is 3.67. The first-order valence-corrected chi connectivity index (χ1v) is 8.81. The highest BCUT2D eigenvalue weighted by atomic mass is 35.5. The minimum Gasteiger partial charge on any atom is -0.340 e. The molecule has 7 nitrogen and oxygen atoms in total. The van der Waals surface area contributed by atoms with Gasteiger partial charge in [0.1, 0.15) is 6.04 Å². The summed E-state index contributed by atoms with van der Waals surface area (Å²) in [5, 5.41) is 5.83. The topological polar surface area (TPSA) is 107 Å². The molecule has 0 radical (unpaired) electrons. The molecule has 1 unspecified atom stereocenters. The van der Waals surface area contributed by atoms with E-state index in [1.807, 2.05) is 13.8 Å². The number of benzene rings is 2. The van der Waals surface area contributed by atoms with Crippen LogP contribution < -0.4 is 16.3 Å². The average molecular weight is 387 g/mol. The Bertz CT molecular complexity index is 1050. The summed E-state index contributed by atoms with van der Waals surface area (Å²) in [4.78, 5) is 41.8. The first kappa shape index (κ1) is 18.7. The highest BCUT2D eigenvalue weighted by molar-refractivity contribution is 6.33. The summed E-state index contributed by atoms with van der Waals surface area (Å²) in [5.74, 6) is -0.922. The van der Waals surface area contributed by atoms with E-state index in [1.165, 1.54) is 0 Å². The van der Waals surface area contributed by atoms with Crippen molar-refractivity contribution in [3.63, 3.8) is 0 Å². The van der Waals surface area contributed by atoms with Gasteiger partial charge in [0.25, 0.3) is 5.91 Å². The van der Waals surface area contributed by atoms with E-state index in [2.05, 4.69) is 20.6 Å². The molecule has 1 atom stereocenters. The fourth-order valence-electron chi connectivity index (χ4n) is 2.73. The predicted octanol–water partition coefficient (Wildman–Crippen LogP) is 2.90. The van der Waals surface area contributed by atoms with Crippen molar-refractivity contribution >= 4 is 40.1 Å². The van der Waals surface area contributed by atoms with Crippen molar-refractivity contribution in [2.45, 2.75) is 19.9 Å². The van der Waals surface area contributed by atoms with Crippen LogP contribution in [0.15, 0.2) is 47.3 Å². The zero-order chi connectivity index (χ0) is 19.6. The molecule has 140 valence electrons. The van der Waals surface area contributed by atoms with E-state index < -0.39 is 11.9 Å². The molecule has 27 heavy (non-hydrogen) atoms. The molecular formula is C19H19ClN4O3. The fourth-order valence-corrected chi connectivity index (χ4v) is 2.95.